The molecule has 3 rings (SSSR count). The first-order valence-electron chi connectivity index (χ1n) is 8.13. The van der Waals surface area contributed by atoms with Gasteiger partial charge in [0.15, 0.2) is 6.04 Å². The normalized spacial score (nSPS) is 11.6. The molecule has 1 heterocycles. The predicted octanol–water partition coefficient (Wildman–Crippen LogP) is 5.57. The van der Waals surface area contributed by atoms with Crippen molar-refractivity contribution in [2.45, 2.75) is 39.7 Å². The minimum Gasteiger partial charge on any atom is -0.497 e. The predicted molar refractivity (Wildman–Crippen MR) is 98.5 cm³/mol. The largest absolute Gasteiger partial charge is 0.497 e. The van der Waals surface area contributed by atoms with Gasteiger partial charge >= 0.3 is 0 Å². The highest BCUT2D eigenvalue weighted by molar-refractivity contribution is 7.18. The summed E-state index contributed by atoms with van der Waals surface area (Å²) in [6, 6.07) is 15.5. The summed E-state index contributed by atoms with van der Waals surface area (Å²) in [5, 5.41) is 1.45. The summed E-state index contributed by atoms with van der Waals surface area (Å²) < 4.78 is 9.10. The second kappa shape index (κ2) is 6.32. The van der Waals surface area contributed by atoms with Crippen LogP contribution < -0.4 is 9.30 Å². The van der Waals surface area contributed by atoms with E-state index in [1.807, 2.05) is 23.5 Å². The van der Waals surface area contributed by atoms with Crippen LogP contribution in [-0.4, -0.2) is 7.11 Å². The van der Waals surface area contributed by atoms with E-state index >= 15 is 0 Å². The first-order valence-corrected chi connectivity index (χ1v) is 8.95. The zero-order valence-electron chi connectivity index (χ0n) is 14.5. The lowest BCUT2D eigenvalue weighted by Gasteiger charge is -2.06. The molecule has 0 saturated carbocycles. The Hall–Kier alpha value is -1.87. The summed E-state index contributed by atoms with van der Waals surface area (Å²) in [7, 11) is 1.70. The number of fused-ring (bicyclic) bond motifs is 1. The fourth-order valence-electron chi connectivity index (χ4n) is 2.96. The first-order chi connectivity index (χ1) is 11.0. The van der Waals surface area contributed by atoms with Crippen LogP contribution in [-0.2, 0) is 0 Å². The van der Waals surface area contributed by atoms with Crippen molar-refractivity contribution in [3.63, 3.8) is 0 Å². The van der Waals surface area contributed by atoms with Crippen LogP contribution in [0.4, 0.5) is 0 Å². The van der Waals surface area contributed by atoms with Crippen molar-refractivity contribution < 1.29 is 9.30 Å². The highest BCUT2D eigenvalue weighted by Crippen LogP contribution is 2.31. The third-order valence-corrected chi connectivity index (χ3v) is 5.55. The minimum atomic E-state index is 0.465. The molecule has 3 heteroatoms. The lowest BCUT2D eigenvalue weighted by molar-refractivity contribution is -0.695. The lowest BCUT2D eigenvalue weighted by atomic mass is 10.1. The zero-order valence-corrected chi connectivity index (χ0v) is 15.3. The average Bonchev–Trinajstić information content (AvgIpc) is 2.94. The standard InChI is InChI=1S/C20H24NOS/c1-13(2)20-21(14(3)4)18-12-16(8-11-19(18)23-20)15-6-9-17(22-5)10-7-15/h6-14H,1-5H3/q+1. The summed E-state index contributed by atoms with van der Waals surface area (Å²) in [6.07, 6.45) is 0. The Balaban J connectivity index is 2.15. The van der Waals surface area contributed by atoms with Crippen LogP contribution in [0, 0.1) is 0 Å². The molecule has 0 fully saturated rings. The second-order valence-corrected chi connectivity index (χ2v) is 7.53. The Morgan fingerprint density at radius 1 is 0.913 bits per heavy atom. The molecule has 0 N–H and O–H groups in total. The van der Waals surface area contributed by atoms with Gasteiger partial charge in [0.1, 0.15) is 10.4 Å². The van der Waals surface area contributed by atoms with Crippen LogP contribution in [0.25, 0.3) is 21.3 Å². The highest BCUT2D eigenvalue weighted by Gasteiger charge is 2.25. The number of benzene rings is 2. The Labute approximate surface area is 142 Å². The van der Waals surface area contributed by atoms with Crippen molar-refractivity contribution in [3.05, 3.63) is 47.5 Å². The molecule has 3 aromatic rings. The van der Waals surface area contributed by atoms with Gasteiger partial charge in [-0.2, -0.15) is 4.57 Å². The van der Waals surface area contributed by atoms with E-state index in [1.54, 1.807) is 7.11 Å². The van der Waals surface area contributed by atoms with Gasteiger partial charge in [-0.3, -0.25) is 0 Å². The Bertz CT molecular complexity index is 816. The maximum Gasteiger partial charge on any atom is 0.241 e. The van der Waals surface area contributed by atoms with Crippen molar-refractivity contribution in [2.75, 3.05) is 7.11 Å². The average molecular weight is 326 g/mol. The Morgan fingerprint density at radius 2 is 1.57 bits per heavy atom. The molecule has 0 aliphatic heterocycles. The van der Waals surface area contributed by atoms with E-state index < -0.39 is 0 Å². The summed E-state index contributed by atoms with van der Waals surface area (Å²) in [6.45, 7) is 9.07. The van der Waals surface area contributed by atoms with Crippen LogP contribution >= 0.6 is 11.3 Å². The van der Waals surface area contributed by atoms with Crippen LogP contribution in [0.15, 0.2) is 42.5 Å². The third kappa shape index (κ3) is 2.98. The molecule has 2 nitrogen and oxygen atoms in total. The van der Waals surface area contributed by atoms with Gasteiger partial charge < -0.3 is 4.74 Å². The zero-order chi connectivity index (χ0) is 16.6. The molecule has 0 bridgehead atoms. The van der Waals surface area contributed by atoms with E-state index in [0.29, 0.717) is 12.0 Å². The third-order valence-electron chi connectivity index (χ3n) is 4.10. The van der Waals surface area contributed by atoms with E-state index in [2.05, 4.69) is 62.6 Å². The molecule has 23 heavy (non-hydrogen) atoms. The molecule has 120 valence electrons. The van der Waals surface area contributed by atoms with Crippen molar-refractivity contribution in [1.29, 1.82) is 0 Å². The first kappa shape index (κ1) is 16.0. The van der Waals surface area contributed by atoms with Crippen molar-refractivity contribution in [2.24, 2.45) is 0 Å². The van der Waals surface area contributed by atoms with Crippen molar-refractivity contribution in [3.8, 4) is 16.9 Å². The van der Waals surface area contributed by atoms with E-state index in [9.17, 15) is 0 Å². The topological polar surface area (TPSA) is 13.1 Å². The van der Waals surface area contributed by atoms with Crippen LogP contribution in [0.5, 0.6) is 5.75 Å². The molecule has 0 unspecified atom stereocenters. The van der Waals surface area contributed by atoms with Gasteiger partial charge in [-0.15, -0.1) is 0 Å². The number of ether oxygens (including phenoxy) is 1. The van der Waals surface area contributed by atoms with Crippen molar-refractivity contribution in [1.82, 2.24) is 0 Å². The molecule has 0 saturated heterocycles. The monoisotopic (exact) mass is 326 g/mol. The number of thiazole rings is 1. The van der Waals surface area contributed by atoms with E-state index in [4.69, 9.17) is 4.74 Å². The molecule has 1 aromatic heterocycles. The summed E-state index contributed by atoms with van der Waals surface area (Å²) in [4.78, 5) is 0. The number of hydrogen-bond donors (Lipinski definition) is 0. The second-order valence-electron chi connectivity index (χ2n) is 6.47. The van der Waals surface area contributed by atoms with Gasteiger partial charge in [-0.05, 0) is 43.2 Å². The molecule has 0 aliphatic rings. The molecule has 2 aromatic carbocycles. The van der Waals surface area contributed by atoms with E-state index in [0.717, 1.165) is 5.75 Å². The van der Waals surface area contributed by atoms with Crippen LogP contribution in [0.3, 0.4) is 0 Å². The molecule has 0 atom stereocenters. The number of aromatic nitrogens is 1. The highest BCUT2D eigenvalue weighted by atomic mass is 32.1. The fourth-order valence-corrected chi connectivity index (χ4v) is 4.23. The van der Waals surface area contributed by atoms with Crippen LogP contribution in [0.1, 0.15) is 44.7 Å². The smallest absolute Gasteiger partial charge is 0.241 e. The quantitative estimate of drug-likeness (QED) is 0.571. The molecule has 0 aliphatic carbocycles. The SMILES string of the molecule is COc1ccc(-c2ccc3sc(C(C)C)[n+](C(C)C)c3c2)cc1. The Kier molecular flexibility index (Phi) is 4.40. The summed E-state index contributed by atoms with van der Waals surface area (Å²) in [5.74, 6) is 1.43. The number of nitrogens with zero attached hydrogens (tertiary/aromatic N) is 1. The summed E-state index contributed by atoms with van der Waals surface area (Å²) in [5.41, 5.74) is 3.81. The molecular formula is C20H24NOS+. The number of methoxy groups -OCH3 is 1. The fraction of sp³-hybridized carbons (Fsp3) is 0.350. The Morgan fingerprint density at radius 3 is 2.13 bits per heavy atom. The van der Waals surface area contributed by atoms with Gasteiger partial charge in [0, 0.05) is 12.0 Å². The molecule has 0 radical (unpaired) electrons. The van der Waals surface area contributed by atoms with Gasteiger partial charge in [0.05, 0.1) is 7.11 Å². The molecular weight excluding hydrogens is 302 g/mol. The summed E-state index contributed by atoms with van der Waals surface area (Å²) >= 11 is 1.91. The van der Waals surface area contributed by atoms with E-state index in [1.165, 1.54) is 26.4 Å². The van der Waals surface area contributed by atoms with E-state index in [-0.39, 0.29) is 0 Å². The van der Waals surface area contributed by atoms with Gasteiger partial charge in [0.25, 0.3) is 0 Å². The number of rotatable bonds is 4. The maximum atomic E-state index is 5.25. The maximum absolute atomic E-state index is 5.25. The van der Waals surface area contributed by atoms with Gasteiger partial charge in [-0.25, -0.2) is 0 Å². The molecule has 0 spiro atoms. The van der Waals surface area contributed by atoms with Gasteiger partial charge in [-0.1, -0.05) is 43.4 Å². The minimum absolute atomic E-state index is 0.465. The van der Waals surface area contributed by atoms with Crippen molar-refractivity contribution >= 4 is 21.6 Å². The molecule has 0 amide bonds. The lowest BCUT2D eigenvalue weighted by Crippen LogP contribution is -2.39. The van der Waals surface area contributed by atoms with Gasteiger partial charge in [0.2, 0.25) is 10.5 Å². The van der Waals surface area contributed by atoms with Crippen LogP contribution in [0.2, 0.25) is 0 Å². The number of hydrogen-bond acceptors (Lipinski definition) is 2.